The monoisotopic (exact) mass is 375 g/mol. The van der Waals surface area contributed by atoms with Gasteiger partial charge in [-0.05, 0) is 43.9 Å². The molecule has 1 aromatic carbocycles. The first-order valence-electron chi connectivity index (χ1n) is 9.38. The van der Waals surface area contributed by atoms with Crippen LogP contribution in [0.5, 0.6) is 0 Å². The lowest BCUT2D eigenvalue weighted by atomic mass is 10.0. The first-order chi connectivity index (χ1) is 13.0. The number of nitrogens with one attached hydrogen (secondary N) is 2. The van der Waals surface area contributed by atoms with Crippen molar-refractivity contribution >= 4 is 23.4 Å². The number of aliphatic hydroxyl groups is 2. The third-order valence-corrected chi connectivity index (χ3v) is 4.97. The van der Waals surface area contributed by atoms with Crippen molar-refractivity contribution in [1.29, 1.82) is 0 Å². The Morgan fingerprint density at radius 1 is 1.04 bits per heavy atom. The van der Waals surface area contributed by atoms with Crippen molar-refractivity contribution in [3.63, 3.8) is 0 Å². The second-order valence-corrected chi connectivity index (χ2v) is 6.92. The highest BCUT2D eigenvalue weighted by Crippen LogP contribution is 2.29. The summed E-state index contributed by atoms with van der Waals surface area (Å²) in [5.41, 5.74) is 1.35. The van der Waals surface area contributed by atoms with Crippen LogP contribution in [0.4, 0.5) is 5.69 Å². The predicted molar refractivity (Wildman–Crippen MR) is 98.2 cm³/mol. The molecule has 2 heterocycles. The number of carbonyl (C=O) groups excluding carboxylic acids is 3. The van der Waals surface area contributed by atoms with Crippen molar-refractivity contribution in [2.75, 3.05) is 18.5 Å². The summed E-state index contributed by atoms with van der Waals surface area (Å²) >= 11 is 0. The third kappa shape index (κ3) is 4.12. The van der Waals surface area contributed by atoms with Gasteiger partial charge in [0.1, 0.15) is 12.3 Å². The van der Waals surface area contributed by atoms with Gasteiger partial charge in [-0.15, -0.1) is 0 Å². The van der Waals surface area contributed by atoms with E-state index in [1.54, 1.807) is 18.2 Å². The Labute approximate surface area is 157 Å². The molecule has 0 bridgehead atoms. The molecule has 146 valence electrons. The number of hydrogen-bond acceptors (Lipinski definition) is 6. The minimum absolute atomic E-state index is 0.211. The highest BCUT2D eigenvalue weighted by molar-refractivity contribution is 6.23. The number of carbonyl (C=O) groups is 3. The Morgan fingerprint density at radius 3 is 2.52 bits per heavy atom. The number of imide groups is 1. The molecule has 3 rings (SSSR count). The number of fused-ring (bicyclic) bond motifs is 1. The molecule has 3 amide bonds. The van der Waals surface area contributed by atoms with E-state index in [2.05, 4.69) is 10.6 Å². The molecule has 0 spiro atoms. The van der Waals surface area contributed by atoms with E-state index in [1.165, 1.54) is 0 Å². The summed E-state index contributed by atoms with van der Waals surface area (Å²) in [4.78, 5) is 38.5. The van der Waals surface area contributed by atoms with Crippen LogP contribution in [0.2, 0.25) is 0 Å². The quantitative estimate of drug-likeness (QED) is 0.395. The van der Waals surface area contributed by atoms with Gasteiger partial charge in [-0.25, -0.2) is 0 Å². The zero-order chi connectivity index (χ0) is 19.4. The molecule has 0 saturated carbocycles. The van der Waals surface area contributed by atoms with Gasteiger partial charge in [-0.3, -0.25) is 19.3 Å². The van der Waals surface area contributed by atoms with Gasteiger partial charge >= 0.3 is 0 Å². The zero-order valence-corrected chi connectivity index (χ0v) is 15.1. The van der Waals surface area contributed by atoms with Crippen molar-refractivity contribution in [1.82, 2.24) is 10.2 Å². The molecule has 0 radical (unpaired) electrons. The number of aliphatic hydroxyl groups excluding tert-OH is 2. The van der Waals surface area contributed by atoms with Crippen molar-refractivity contribution in [2.45, 2.75) is 50.8 Å². The van der Waals surface area contributed by atoms with Crippen LogP contribution in [0.3, 0.4) is 0 Å². The number of piperidine rings is 1. The lowest BCUT2D eigenvalue weighted by Crippen LogP contribution is -2.55. The van der Waals surface area contributed by atoms with Gasteiger partial charge in [0.2, 0.25) is 5.91 Å². The molecular weight excluding hydrogens is 350 g/mol. The Hall–Kier alpha value is -2.45. The van der Waals surface area contributed by atoms with Crippen molar-refractivity contribution in [2.24, 2.45) is 0 Å². The van der Waals surface area contributed by atoms with E-state index in [0.717, 1.165) is 42.8 Å². The van der Waals surface area contributed by atoms with Gasteiger partial charge < -0.3 is 20.8 Å². The first kappa shape index (κ1) is 19.3. The van der Waals surface area contributed by atoms with Crippen molar-refractivity contribution in [3.8, 4) is 0 Å². The van der Waals surface area contributed by atoms with Crippen LogP contribution in [0.15, 0.2) is 18.2 Å². The van der Waals surface area contributed by atoms with Gasteiger partial charge in [0.15, 0.2) is 0 Å². The molecule has 2 atom stereocenters. The summed E-state index contributed by atoms with van der Waals surface area (Å²) in [6, 6.07) is 4.13. The Balaban J connectivity index is 1.65. The molecule has 2 unspecified atom stereocenters. The summed E-state index contributed by atoms with van der Waals surface area (Å²) in [6.07, 6.45) is 3.34. The third-order valence-electron chi connectivity index (χ3n) is 4.97. The predicted octanol–water partition coefficient (Wildman–Crippen LogP) is 0.844. The first-order valence-corrected chi connectivity index (χ1v) is 9.38. The van der Waals surface area contributed by atoms with Crippen LogP contribution in [0.1, 0.15) is 59.2 Å². The molecule has 1 aromatic rings. The minimum atomic E-state index is -0.933. The van der Waals surface area contributed by atoms with Gasteiger partial charge in [0.05, 0.1) is 11.1 Å². The standard InChI is InChI=1S/C19H25N3O5/c23-10-4-2-1-3-9-20-12-5-6-13-14(11-12)19(27)22(18(13)26)15-7-8-16(24)21-17(15)25/h5-6,11,15-16,20,23-24H,1-4,7-10H2,(H,21,25). The van der Waals surface area contributed by atoms with Crippen LogP contribution in [-0.4, -0.2) is 58.3 Å². The largest absolute Gasteiger partial charge is 0.396 e. The van der Waals surface area contributed by atoms with E-state index in [-0.39, 0.29) is 13.0 Å². The lowest BCUT2D eigenvalue weighted by Gasteiger charge is -2.31. The van der Waals surface area contributed by atoms with Crippen LogP contribution >= 0.6 is 0 Å². The highest BCUT2D eigenvalue weighted by Gasteiger charge is 2.44. The number of amides is 3. The summed E-state index contributed by atoms with van der Waals surface area (Å²) in [6.45, 7) is 0.946. The van der Waals surface area contributed by atoms with E-state index >= 15 is 0 Å². The molecule has 1 fully saturated rings. The fraction of sp³-hybridized carbons (Fsp3) is 0.526. The molecule has 8 nitrogen and oxygen atoms in total. The van der Waals surface area contributed by atoms with E-state index in [9.17, 15) is 19.5 Å². The summed E-state index contributed by atoms with van der Waals surface area (Å²) < 4.78 is 0. The molecular formula is C19H25N3O5. The highest BCUT2D eigenvalue weighted by atomic mass is 16.3. The number of hydrogen-bond donors (Lipinski definition) is 4. The number of nitrogens with zero attached hydrogens (tertiary/aromatic N) is 1. The van der Waals surface area contributed by atoms with Gasteiger partial charge in [0, 0.05) is 18.8 Å². The van der Waals surface area contributed by atoms with Crippen LogP contribution < -0.4 is 10.6 Å². The number of rotatable bonds is 8. The maximum absolute atomic E-state index is 12.7. The average molecular weight is 375 g/mol. The fourth-order valence-electron chi connectivity index (χ4n) is 3.50. The van der Waals surface area contributed by atoms with E-state index in [4.69, 9.17) is 5.11 Å². The molecule has 8 heteroatoms. The van der Waals surface area contributed by atoms with Gasteiger partial charge in [0.25, 0.3) is 11.8 Å². The van der Waals surface area contributed by atoms with Crippen molar-refractivity contribution < 1.29 is 24.6 Å². The number of unbranched alkanes of at least 4 members (excludes halogenated alkanes) is 3. The second kappa shape index (κ2) is 8.49. The van der Waals surface area contributed by atoms with Crippen molar-refractivity contribution in [3.05, 3.63) is 29.3 Å². The summed E-state index contributed by atoms with van der Waals surface area (Å²) in [5, 5.41) is 23.9. The number of anilines is 1. The molecule has 1 saturated heterocycles. The second-order valence-electron chi connectivity index (χ2n) is 6.92. The van der Waals surface area contributed by atoms with Crippen LogP contribution in [0, 0.1) is 0 Å². The molecule has 2 aliphatic rings. The van der Waals surface area contributed by atoms with E-state index < -0.39 is 30.0 Å². The Bertz CT molecular complexity index is 736. The smallest absolute Gasteiger partial charge is 0.262 e. The molecule has 2 aliphatic heterocycles. The summed E-state index contributed by atoms with van der Waals surface area (Å²) in [5.74, 6) is -1.45. The molecule has 27 heavy (non-hydrogen) atoms. The molecule has 0 aliphatic carbocycles. The Morgan fingerprint density at radius 2 is 1.78 bits per heavy atom. The van der Waals surface area contributed by atoms with Crippen LogP contribution in [0.25, 0.3) is 0 Å². The van der Waals surface area contributed by atoms with Gasteiger partial charge in [-0.2, -0.15) is 0 Å². The van der Waals surface area contributed by atoms with E-state index in [0.29, 0.717) is 17.5 Å². The fourth-order valence-corrected chi connectivity index (χ4v) is 3.50. The van der Waals surface area contributed by atoms with E-state index in [1.807, 2.05) is 0 Å². The molecule has 0 aromatic heterocycles. The summed E-state index contributed by atoms with van der Waals surface area (Å²) in [7, 11) is 0. The van der Waals surface area contributed by atoms with Crippen LogP contribution in [-0.2, 0) is 4.79 Å². The average Bonchev–Trinajstić information content (AvgIpc) is 2.89. The zero-order valence-electron chi connectivity index (χ0n) is 15.1. The lowest BCUT2D eigenvalue weighted by molar-refractivity contribution is -0.131. The molecule has 4 N–H and O–H groups in total. The minimum Gasteiger partial charge on any atom is -0.396 e. The SMILES string of the molecule is O=C1NC(O)CCC1N1C(=O)c2ccc(NCCCCCCO)cc2C1=O. The number of benzene rings is 1. The normalized spacial score (nSPS) is 22.0. The Kier molecular flexibility index (Phi) is 6.08. The topological polar surface area (TPSA) is 119 Å². The maximum atomic E-state index is 12.7. The maximum Gasteiger partial charge on any atom is 0.262 e. The van der Waals surface area contributed by atoms with Gasteiger partial charge in [-0.1, -0.05) is 12.8 Å².